The molecule has 0 amide bonds. The fourth-order valence-electron chi connectivity index (χ4n) is 4.46. The summed E-state index contributed by atoms with van der Waals surface area (Å²) in [5, 5.41) is 17.6. The highest BCUT2D eigenvalue weighted by Gasteiger charge is 2.43. The van der Waals surface area contributed by atoms with Gasteiger partial charge in [0.25, 0.3) is 0 Å². The molecule has 3 aromatic carbocycles. The third kappa shape index (κ3) is 3.61. The molecule has 174 valence electrons. The van der Waals surface area contributed by atoms with Crippen molar-refractivity contribution in [2.24, 2.45) is 5.10 Å². The molecule has 2 unspecified atom stereocenters. The maximum Gasteiger partial charge on any atom is 0.340 e. The summed E-state index contributed by atoms with van der Waals surface area (Å²) in [7, 11) is 2.87. The maximum atomic E-state index is 12.3. The Bertz CT molecular complexity index is 1330. The lowest BCUT2D eigenvalue weighted by molar-refractivity contribution is -0.0199. The molecule has 2 heterocycles. The highest BCUT2D eigenvalue weighted by molar-refractivity contribution is 6.42. The second-order valence-corrected chi connectivity index (χ2v) is 8.67. The third-order valence-corrected chi connectivity index (χ3v) is 6.75. The number of fused-ring (bicyclic) bond motifs is 3. The first-order valence-corrected chi connectivity index (χ1v) is 11.2. The standard InChI is InChI=1S/C25H20Cl2N2O5/c1-32-21-10-8-15(22(25(30)31)23(21)33-2)24-29-19(14-5-3-4-6-20(14)34-24)12-18(28-29)13-7-9-16(26)17(27)11-13/h3-11,19,24H,12H2,1-2H3,(H,30,31). The smallest absolute Gasteiger partial charge is 0.340 e. The van der Waals surface area contributed by atoms with E-state index in [4.69, 9.17) is 42.5 Å². The molecule has 0 aromatic heterocycles. The van der Waals surface area contributed by atoms with Crippen molar-refractivity contribution in [2.45, 2.75) is 18.7 Å². The van der Waals surface area contributed by atoms with Crippen LogP contribution >= 0.6 is 23.2 Å². The van der Waals surface area contributed by atoms with Gasteiger partial charge in [-0.25, -0.2) is 9.80 Å². The summed E-state index contributed by atoms with van der Waals surface area (Å²) in [5.41, 5.74) is 2.97. The van der Waals surface area contributed by atoms with Crippen LogP contribution in [0.5, 0.6) is 17.2 Å². The van der Waals surface area contributed by atoms with Crippen molar-refractivity contribution in [3.8, 4) is 17.2 Å². The van der Waals surface area contributed by atoms with Gasteiger partial charge in [-0.05, 0) is 35.9 Å². The Hall–Kier alpha value is -3.42. The fraction of sp³-hybridized carbons (Fsp3) is 0.200. The van der Waals surface area contributed by atoms with E-state index >= 15 is 0 Å². The molecule has 2 aliphatic rings. The van der Waals surface area contributed by atoms with Gasteiger partial charge in [-0.15, -0.1) is 0 Å². The highest BCUT2D eigenvalue weighted by Crippen LogP contribution is 2.49. The van der Waals surface area contributed by atoms with E-state index in [2.05, 4.69) is 0 Å². The number of hydrogen-bond acceptors (Lipinski definition) is 6. The largest absolute Gasteiger partial charge is 0.493 e. The third-order valence-electron chi connectivity index (χ3n) is 6.01. The second kappa shape index (κ2) is 8.74. The molecule has 0 aliphatic carbocycles. The number of ether oxygens (including phenoxy) is 3. The van der Waals surface area contributed by atoms with E-state index < -0.39 is 12.2 Å². The first-order chi connectivity index (χ1) is 16.4. The molecule has 34 heavy (non-hydrogen) atoms. The number of carboxylic acid groups (broad SMARTS) is 1. The van der Waals surface area contributed by atoms with Crippen LogP contribution in [0.25, 0.3) is 0 Å². The van der Waals surface area contributed by atoms with Gasteiger partial charge in [0, 0.05) is 17.5 Å². The zero-order valence-corrected chi connectivity index (χ0v) is 19.8. The van der Waals surface area contributed by atoms with E-state index in [9.17, 15) is 9.90 Å². The van der Waals surface area contributed by atoms with Crippen molar-refractivity contribution < 1.29 is 24.1 Å². The number of methoxy groups -OCH3 is 2. The predicted molar refractivity (Wildman–Crippen MR) is 129 cm³/mol. The van der Waals surface area contributed by atoms with Crippen LogP contribution in [0.3, 0.4) is 0 Å². The fourth-order valence-corrected chi connectivity index (χ4v) is 4.76. The molecule has 1 N–H and O–H groups in total. The summed E-state index contributed by atoms with van der Waals surface area (Å²) in [5.74, 6) is -0.0414. The first-order valence-electron chi connectivity index (χ1n) is 10.5. The van der Waals surface area contributed by atoms with E-state index in [-0.39, 0.29) is 17.4 Å². The van der Waals surface area contributed by atoms with Crippen LogP contribution < -0.4 is 14.2 Å². The molecule has 7 nitrogen and oxygen atoms in total. The molecule has 0 bridgehead atoms. The normalized spacial score (nSPS) is 18.5. The minimum absolute atomic E-state index is 0.0387. The van der Waals surface area contributed by atoms with Crippen molar-refractivity contribution in [2.75, 3.05) is 14.2 Å². The van der Waals surface area contributed by atoms with Crippen LogP contribution in [-0.2, 0) is 0 Å². The Morgan fingerprint density at radius 2 is 1.85 bits per heavy atom. The molecular weight excluding hydrogens is 479 g/mol. The predicted octanol–water partition coefficient (Wildman–Crippen LogP) is 5.95. The lowest BCUT2D eigenvalue weighted by Gasteiger charge is -2.38. The van der Waals surface area contributed by atoms with Gasteiger partial charge in [0.15, 0.2) is 11.5 Å². The summed E-state index contributed by atoms with van der Waals surface area (Å²) >= 11 is 12.4. The number of carboxylic acids is 1. The van der Waals surface area contributed by atoms with Crippen molar-refractivity contribution in [3.63, 3.8) is 0 Å². The number of halogens is 2. The second-order valence-electron chi connectivity index (χ2n) is 7.85. The van der Waals surface area contributed by atoms with Crippen LogP contribution in [0.1, 0.15) is 45.7 Å². The van der Waals surface area contributed by atoms with E-state index in [1.165, 1.54) is 14.2 Å². The van der Waals surface area contributed by atoms with Crippen LogP contribution in [0.15, 0.2) is 59.7 Å². The summed E-state index contributed by atoms with van der Waals surface area (Å²) in [6.07, 6.45) is -0.212. The number of hydrazone groups is 1. The average molecular weight is 499 g/mol. The lowest BCUT2D eigenvalue weighted by Crippen LogP contribution is -2.34. The van der Waals surface area contributed by atoms with Crippen LogP contribution in [0, 0.1) is 0 Å². The van der Waals surface area contributed by atoms with Gasteiger partial charge in [0.2, 0.25) is 6.23 Å². The average Bonchev–Trinajstić information content (AvgIpc) is 3.30. The van der Waals surface area contributed by atoms with Crippen molar-refractivity contribution in [3.05, 3.63) is 86.9 Å². The van der Waals surface area contributed by atoms with Gasteiger partial charge in [0.05, 0.1) is 36.0 Å². The van der Waals surface area contributed by atoms with Crippen LogP contribution in [-0.4, -0.2) is 36.0 Å². The molecule has 0 spiro atoms. The molecule has 0 saturated heterocycles. The van der Waals surface area contributed by atoms with E-state index in [0.29, 0.717) is 33.5 Å². The van der Waals surface area contributed by atoms with Crippen LogP contribution in [0.2, 0.25) is 10.0 Å². The molecule has 0 radical (unpaired) electrons. The zero-order valence-electron chi connectivity index (χ0n) is 18.3. The molecule has 0 fully saturated rings. The van der Waals surface area contributed by atoms with Gasteiger partial charge >= 0.3 is 5.97 Å². The monoisotopic (exact) mass is 498 g/mol. The zero-order chi connectivity index (χ0) is 24.0. The summed E-state index contributed by atoms with van der Waals surface area (Å²) in [4.78, 5) is 12.3. The molecule has 9 heteroatoms. The number of benzene rings is 3. The Balaban J connectivity index is 1.67. The molecule has 3 aromatic rings. The van der Waals surface area contributed by atoms with Gasteiger partial charge < -0.3 is 19.3 Å². The number of rotatable bonds is 5. The SMILES string of the molecule is COc1ccc(C2Oc3ccccc3C3CC(c4ccc(Cl)c(Cl)c4)=NN32)c(C(=O)O)c1OC. The molecule has 2 atom stereocenters. The molecular formula is C25H20Cl2N2O5. The summed E-state index contributed by atoms with van der Waals surface area (Å²) < 4.78 is 17.1. The van der Waals surface area contributed by atoms with E-state index in [1.807, 2.05) is 30.3 Å². The Morgan fingerprint density at radius 1 is 1.06 bits per heavy atom. The van der Waals surface area contributed by atoms with Gasteiger partial charge in [0.1, 0.15) is 11.3 Å². The topological polar surface area (TPSA) is 80.6 Å². The minimum Gasteiger partial charge on any atom is -0.493 e. The Morgan fingerprint density at radius 3 is 2.56 bits per heavy atom. The maximum absolute atomic E-state index is 12.3. The highest BCUT2D eigenvalue weighted by atomic mass is 35.5. The number of para-hydroxylation sites is 1. The number of hydrogen-bond donors (Lipinski definition) is 1. The van der Waals surface area contributed by atoms with Crippen LogP contribution in [0.4, 0.5) is 0 Å². The quantitative estimate of drug-likeness (QED) is 0.467. The van der Waals surface area contributed by atoms with Gasteiger partial charge in [-0.3, -0.25) is 0 Å². The summed E-state index contributed by atoms with van der Waals surface area (Å²) in [6, 6.07) is 16.2. The molecule has 5 rings (SSSR count). The first kappa shape index (κ1) is 22.4. The van der Waals surface area contributed by atoms with Crippen molar-refractivity contribution >= 4 is 34.9 Å². The van der Waals surface area contributed by atoms with E-state index in [1.54, 1.807) is 29.3 Å². The number of aromatic carboxylic acids is 1. The molecule has 0 saturated carbocycles. The van der Waals surface area contributed by atoms with Crippen molar-refractivity contribution in [1.82, 2.24) is 5.01 Å². The van der Waals surface area contributed by atoms with Crippen molar-refractivity contribution in [1.29, 1.82) is 0 Å². The minimum atomic E-state index is -1.15. The molecule has 2 aliphatic heterocycles. The van der Waals surface area contributed by atoms with Gasteiger partial charge in [-0.1, -0.05) is 47.5 Å². The lowest BCUT2D eigenvalue weighted by atomic mass is 9.95. The Kier molecular flexibility index (Phi) is 5.75. The van der Waals surface area contributed by atoms with Gasteiger partial charge in [-0.2, -0.15) is 5.10 Å². The number of carbonyl (C=O) groups is 1. The number of nitrogens with zero attached hydrogens (tertiary/aromatic N) is 2. The van der Waals surface area contributed by atoms with E-state index in [0.717, 1.165) is 16.8 Å². The summed E-state index contributed by atoms with van der Waals surface area (Å²) in [6.45, 7) is 0. The Labute approximate surface area is 206 Å².